The summed E-state index contributed by atoms with van der Waals surface area (Å²) in [6.07, 6.45) is -2.90. The minimum atomic E-state index is -4.62. The molecule has 0 spiro atoms. The van der Waals surface area contributed by atoms with Gasteiger partial charge < -0.3 is 14.6 Å². The molecule has 1 N–H and O–H groups in total. The Bertz CT molecular complexity index is 814. The van der Waals surface area contributed by atoms with E-state index in [9.17, 15) is 18.0 Å². The summed E-state index contributed by atoms with van der Waals surface area (Å²) in [5.41, 5.74) is -0.938. The van der Waals surface area contributed by atoms with E-state index in [1.165, 1.54) is 6.07 Å². The Morgan fingerprint density at radius 1 is 1.33 bits per heavy atom. The summed E-state index contributed by atoms with van der Waals surface area (Å²) in [7, 11) is 0. The first-order chi connectivity index (χ1) is 11.4. The normalized spacial score (nSPS) is 17.7. The molecule has 7 heteroatoms. The predicted molar refractivity (Wildman–Crippen MR) is 86.8 cm³/mol. The van der Waals surface area contributed by atoms with Crippen molar-refractivity contribution in [2.75, 3.05) is 18.1 Å². The molecule has 2 heterocycles. The molecule has 1 aliphatic rings. The van der Waals surface area contributed by atoms with E-state index in [0.717, 1.165) is 19.4 Å². The number of ether oxygens (including phenoxy) is 1. The number of halogens is 3. The lowest BCUT2D eigenvalue weighted by atomic mass is 10.0. The van der Waals surface area contributed by atoms with Gasteiger partial charge in [-0.25, -0.2) is 0 Å². The second-order valence-electron chi connectivity index (χ2n) is 5.95. The molecule has 3 rings (SSSR count). The SMILES string of the molecule is CCCN1c2ccc3[nH]c(=O)cc(C(F)(F)F)c3c2OC[C@H]1CC. The molecule has 1 atom stereocenters. The molecule has 0 saturated heterocycles. The van der Waals surface area contributed by atoms with E-state index in [1.54, 1.807) is 6.07 Å². The Morgan fingerprint density at radius 3 is 2.71 bits per heavy atom. The lowest BCUT2D eigenvalue weighted by molar-refractivity contribution is -0.136. The topological polar surface area (TPSA) is 45.3 Å². The number of benzene rings is 1. The maximum Gasteiger partial charge on any atom is 0.417 e. The first-order valence-electron chi connectivity index (χ1n) is 8.03. The van der Waals surface area contributed by atoms with Crippen molar-refractivity contribution in [1.29, 1.82) is 0 Å². The lowest BCUT2D eigenvalue weighted by Crippen LogP contribution is -2.43. The Labute approximate surface area is 137 Å². The quantitative estimate of drug-likeness (QED) is 0.921. The average molecular weight is 340 g/mol. The molecule has 0 saturated carbocycles. The molecule has 1 aromatic carbocycles. The first kappa shape index (κ1) is 16.7. The van der Waals surface area contributed by atoms with E-state index in [1.807, 2.05) is 13.8 Å². The number of rotatable bonds is 3. The number of nitrogens with zero attached hydrogens (tertiary/aromatic N) is 1. The molecule has 0 aliphatic carbocycles. The molecule has 0 fully saturated rings. The van der Waals surface area contributed by atoms with Crippen molar-refractivity contribution in [3.05, 3.63) is 34.1 Å². The Balaban J connectivity index is 2.30. The van der Waals surface area contributed by atoms with Crippen LogP contribution < -0.4 is 15.2 Å². The minimum Gasteiger partial charge on any atom is -0.489 e. The van der Waals surface area contributed by atoms with Gasteiger partial charge >= 0.3 is 6.18 Å². The summed E-state index contributed by atoms with van der Waals surface area (Å²) in [5, 5.41) is -0.0738. The number of H-pyrrole nitrogens is 1. The van der Waals surface area contributed by atoms with Gasteiger partial charge in [0.05, 0.1) is 28.2 Å². The van der Waals surface area contributed by atoms with Crippen LogP contribution in [-0.2, 0) is 6.18 Å². The minimum absolute atomic E-state index is 0.0738. The first-order valence-corrected chi connectivity index (χ1v) is 8.03. The van der Waals surface area contributed by atoms with Crippen LogP contribution in [0.3, 0.4) is 0 Å². The van der Waals surface area contributed by atoms with Gasteiger partial charge in [0.15, 0.2) is 5.75 Å². The fraction of sp³-hybridized carbons (Fsp3) is 0.471. The highest BCUT2D eigenvalue weighted by atomic mass is 19.4. The Kier molecular flexibility index (Phi) is 4.19. The van der Waals surface area contributed by atoms with Crippen LogP contribution in [0.1, 0.15) is 32.3 Å². The smallest absolute Gasteiger partial charge is 0.417 e. The molecule has 0 amide bonds. The highest BCUT2D eigenvalue weighted by Gasteiger charge is 2.37. The third-order valence-corrected chi connectivity index (χ3v) is 4.35. The van der Waals surface area contributed by atoms with Crippen LogP contribution in [0.5, 0.6) is 5.75 Å². The summed E-state index contributed by atoms with van der Waals surface area (Å²) in [5.74, 6) is 0.203. The molecule has 1 aromatic heterocycles. The predicted octanol–water partition coefficient (Wildman–Crippen LogP) is 3.93. The molecular weight excluding hydrogens is 321 g/mol. The number of hydrogen-bond acceptors (Lipinski definition) is 3. The lowest BCUT2D eigenvalue weighted by Gasteiger charge is -2.38. The second kappa shape index (κ2) is 6.03. The Morgan fingerprint density at radius 2 is 2.08 bits per heavy atom. The number of hydrogen-bond donors (Lipinski definition) is 1. The monoisotopic (exact) mass is 340 g/mol. The van der Waals surface area contributed by atoms with Crippen LogP contribution in [0.2, 0.25) is 0 Å². The van der Waals surface area contributed by atoms with E-state index in [2.05, 4.69) is 9.88 Å². The molecule has 2 aromatic rings. The molecule has 24 heavy (non-hydrogen) atoms. The number of fused-ring (bicyclic) bond motifs is 3. The van der Waals surface area contributed by atoms with Crippen molar-refractivity contribution in [3.63, 3.8) is 0 Å². The number of aromatic nitrogens is 1. The highest BCUT2D eigenvalue weighted by Crippen LogP contribution is 2.44. The standard InChI is InChI=1S/C17H19F3N2O2/c1-3-7-22-10(4-2)9-24-16-13(22)6-5-12-15(16)11(17(18,19)20)8-14(23)21-12/h5-6,8,10H,3-4,7,9H2,1-2H3,(H,21,23)/t10-/m1/s1. The molecule has 130 valence electrons. The second-order valence-corrected chi connectivity index (χ2v) is 5.95. The highest BCUT2D eigenvalue weighted by molar-refractivity contribution is 5.94. The van der Waals surface area contributed by atoms with Crippen molar-refractivity contribution in [1.82, 2.24) is 4.98 Å². The van der Waals surface area contributed by atoms with Crippen molar-refractivity contribution in [3.8, 4) is 5.75 Å². The van der Waals surface area contributed by atoms with Gasteiger partial charge in [0.25, 0.3) is 0 Å². The number of nitrogens with one attached hydrogen (secondary N) is 1. The summed E-state index contributed by atoms with van der Waals surface area (Å²) in [6, 6.07) is 3.98. The van der Waals surface area contributed by atoms with Gasteiger partial charge in [-0.3, -0.25) is 4.79 Å². The summed E-state index contributed by atoms with van der Waals surface area (Å²) >= 11 is 0. The maximum atomic E-state index is 13.4. The summed E-state index contributed by atoms with van der Waals surface area (Å²) in [6.45, 7) is 5.13. The third kappa shape index (κ3) is 2.72. The van der Waals surface area contributed by atoms with Crippen molar-refractivity contribution < 1.29 is 17.9 Å². The molecule has 4 nitrogen and oxygen atoms in total. The van der Waals surface area contributed by atoms with E-state index in [-0.39, 0.29) is 22.7 Å². The van der Waals surface area contributed by atoms with Crippen LogP contribution in [0, 0.1) is 0 Å². The van der Waals surface area contributed by atoms with E-state index < -0.39 is 17.3 Å². The molecular formula is C17H19F3N2O2. The Hall–Kier alpha value is -2.18. The van der Waals surface area contributed by atoms with Crippen molar-refractivity contribution >= 4 is 16.6 Å². The number of pyridine rings is 1. The molecule has 0 radical (unpaired) electrons. The largest absolute Gasteiger partial charge is 0.489 e. The van der Waals surface area contributed by atoms with Gasteiger partial charge in [-0.2, -0.15) is 13.2 Å². The van der Waals surface area contributed by atoms with Crippen molar-refractivity contribution in [2.45, 2.75) is 38.9 Å². The summed E-state index contributed by atoms with van der Waals surface area (Å²) < 4.78 is 46.0. The number of anilines is 1. The van der Waals surface area contributed by atoms with Gasteiger partial charge in [0, 0.05) is 12.6 Å². The van der Waals surface area contributed by atoms with Crippen molar-refractivity contribution in [2.24, 2.45) is 0 Å². The van der Waals surface area contributed by atoms with Gasteiger partial charge in [-0.05, 0) is 25.0 Å². The molecule has 0 unspecified atom stereocenters. The number of alkyl halides is 3. The zero-order chi connectivity index (χ0) is 17.5. The third-order valence-electron chi connectivity index (χ3n) is 4.35. The van der Waals surface area contributed by atoms with Crippen LogP contribution in [0.25, 0.3) is 10.9 Å². The molecule has 0 bridgehead atoms. The van der Waals surface area contributed by atoms with E-state index in [4.69, 9.17) is 4.74 Å². The van der Waals surface area contributed by atoms with Gasteiger partial charge in [-0.15, -0.1) is 0 Å². The van der Waals surface area contributed by atoms with Crippen LogP contribution in [0.4, 0.5) is 18.9 Å². The molecule has 1 aliphatic heterocycles. The average Bonchev–Trinajstić information content (AvgIpc) is 2.53. The zero-order valence-electron chi connectivity index (χ0n) is 13.5. The van der Waals surface area contributed by atoms with E-state index in [0.29, 0.717) is 18.4 Å². The van der Waals surface area contributed by atoms with Crippen LogP contribution in [-0.4, -0.2) is 24.2 Å². The van der Waals surface area contributed by atoms with E-state index >= 15 is 0 Å². The van der Waals surface area contributed by atoms with Gasteiger partial charge in [-0.1, -0.05) is 13.8 Å². The summed E-state index contributed by atoms with van der Waals surface area (Å²) in [4.78, 5) is 16.1. The van der Waals surface area contributed by atoms with Gasteiger partial charge in [0.2, 0.25) is 5.56 Å². The zero-order valence-corrected chi connectivity index (χ0v) is 13.5. The maximum absolute atomic E-state index is 13.4. The van der Waals surface area contributed by atoms with Crippen LogP contribution >= 0.6 is 0 Å². The number of aromatic amines is 1. The van der Waals surface area contributed by atoms with Crippen LogP contribution in [0.15, 0.2) is 23.0 Å². The fourth-order valence-electron chi connectivity index (χ4n) is 3.26. The fourth-order valence-corrected chi connectivity index (χ4v) is 3.26. The van der Waals surface area contributed by atoms with Gasteiger partial charge in [0.1, 0.15) is 6.61 Å².